The average Bonchev–Trinajstić information content (AvgIpc) is 2.32. The maximum Gasteiger partial charge on any atom is 0.241 e. The molecule has 1 aliphatic rings. The van der Waals surface area contributed by atoms with E-state index in [0.29, 0.717) is 13.0 Å². The third-order valence-electron chi connectivity index (χ3n) is 3.15. The van der Waals surface area contributed by atoms with Gasteiger partial charge in [0.1, 0.15) is 5.82 Å². The molecule has 6 nitrogen and oxygen atoms in total. The molecule has 110 valence electrons. The number of carbonyl (C=O) groups excluding carboxylic acids is 1. The number of hydrogen-bond donors (Lipinski definition) is 2. The number of nitrogens with one attached hydrogen (secondary N) is 1. The van der Waals surface area contributed by atoms with Crippen LogP contribution < -0.4 is 10.5 Å². The number of carbonyl (C=O) groups is 1. The predicted octanol–water partition coefficient (Wildman–Crippen LogP) is 0.307. The van der Waals surface area contributed by atoms with Crippen LogP contribution in [0.1, 0.15) is 12.8 Å². The molecule has 0 spiro atoms. The summed E-state index contributed by atoms with van der Waals surface area (Å²) in [6, 6.07) is 2.78. The Morgan fingerprint density at radius 2 is 2.10 bits per heavy atom. The summed E-state index contributed by atoms with van der Waals surface area (Å²) in [6.07, 6.45) is 0.710. The number of halogens is 1. The molecule has 8 heteroatoms. The van der Waals surface area contributed by atoms with E-state index >= 15 is 0 Å². The molecule has 1 saturated heterocycles. The van der Waals surface area contributed by atoms with Gasteiger partial charge < -0.3 is 10.6 Å². The van der Waals surface area contributed by atoms with Crippen molar-refractivity contribution < 1.29 is 17.6 Å². The topological polar surface area (TPSA) is 92.5 Å². The molecule has 1 unspecified atom stereocenters. The van der Waals surface area contributed by atoms with Crippen LogP contribution in [0.25, 0.3) is 0 Å². The minimum absolute atomic E-state index is 0.0181. The fraction of sp³-hybridized carbons (Fsp3) is 0.417. The molecule has 1 amide bonds. The summed E-state index contributed by atoms with van der Waals surface area (Å²) in [5.74, 6) is -0.725. The highest BCUT2D eigenvalue weighted by molar-refractivity contribution is 7.89. The van der Waals surface area contributed by atoms with Gasteiger partial charge in [-0.1, -0.05) is 0 Å². The van der Waals surface area contributed by atoms with Crippen LogP contribution in [0, 0.1) is 5.82 Å². The van der Waals surface area contributed by atoms with Crippen molar-refractivity contribution in [3.63, 3.8) is 0 Å². The number of likely N-dealkylation sites (tertiary alicyclic amines) is 1. The second kappa shape index (κ2) is 5.37. The summed E-state index contributed by atoms with van der Waals surface area (Å²) < 4.78 is 40.0. The van der Waals surface area contributed by atoms with Crippen LogP contribution in [0.3, 0.4) is 0 Å². The van der Waals surface area contributed by atoms with Gasteiger partial charge in [-0.15, -0.1) is 0 Å². The molecule has 1 aliphatic heterocycles. The van der Waals surface area contributed by atoms with Gasteiger partial charge in [-0.25, -0.2) is 17.5 Å². The van der Waals surface area contributed by atoms with E-state index in [2.05, 4.69) is 4.72 Å². The summed E-state index contributed by atoms with van der Waals surface area (Å²) in [5.41, 5.74) is 5.49. The monoisotopic (exact) mass is 301 g/mol. The Hall–Kier alpha value is -1.67. The van der Waals surface area contributed by atoms with E-state index in [4.69, 9.17) is 5.73 Å². The van der Waals surface area contributed by atoms with E-state index < -0.39 is 15.8 Å². The standard InChI is InChI=1S/C12H16FN3O3S/c1-16-7-10(2-3-12(16)17)15-20(18,19)11-5-8(13)4-9(14)6-11/h4-6,10,15H,2-3,7,14H2,1H3. The van der Waals surface area contributed by atoms with Crippen molar-refractivity contribution in [1.29, 1.82) is 0 Å². The molecule has 0 aliphatic carbocycles. The van der Waals surface area contributed by atoms with Gasteiger partial charge in [-0.3, -0.25) is 4.79 Å². The van der Waals surface area contributed by atoms with Crippen LogP contribution in [0.2, 0.25) is 0 Å². The number of benzene rings is 1. The molecular weight excluding hydrogens is 285 g/mol. The molecule has 2 rings (SSSR count). The second-order valence-corrected chi connectivity index (χ2v) is 6.57. The molecule has 1 aromatic rings. The number of piperidine rings is 1. The Bertz CT molecular complexity index is 613. The van der Waals surface area contributed by atoms with Gasteiger partial charge in [0.25, 0.3) is 0 Å². The van der Waals surface area contributed by atoms with E-state index in [1.807, 2.05) is 0 Å². The smallest absolute Gasteiger partial charge is 0.241 e. The lowest BCUT2D eigenvalue weighted by atomic mass is 10.1. The quantitative estimate of drug-likeness (QED) is 0.786. The van der Waals surface area contributed by atoms with E-state index in [1.165, 1.54) is 11.0 Å². The predicted molar refractivity (Wildman–Crippen MR) is 71.8 cm³/mol. The molecule has 1 fully saturated rings. The van der Waals surface area contributed by atoms with Gasteiger partial charge in [-0.2, -0.15) is 0 Å². The first-order chi connectivity index (χ1) is 9.28. The first-order valence-corrected chi connectivity index (χ1v) is 7.58. The average molecular weight is 301 g/mol. The van der Waals surface area contributed by atoms with Crippen molar-refractivity contribution in [2.45, 2.75) is 23.8 Å². The molecule has 1 atom stereocenters. The van der Waals surface area contributed by atoms with Gasteiger partial charge >= 0.3 is 0 Å². The van der Waals surface area contributed by atoms with Crippen molar-refractivity contribution in [2.75, 3.05) is 19.3 Å². The lowest BCUT2D eigenvalue weighted by Crippen LogP contribution is -2.48. The maximum absolute atomic E-state index is 13.2. The SMILES string of the molecule is CN1CC(NS(=O)(=O)c2cc(N)cc(F)c2)CCC1=O. The van der Waals surface area contributed by atoms with Crippen molar-refractivity contribution in [3.05, 3.63) is 24.0 Å². The number of likely N-dealkylation sites (N-methyl/N-ethyl adjacent to an activating group) is 1. The van der Waals surface area contributed by atoms with Crippen molar-refractivity contribution in [2.24, 2.45) is 0 Å². The van der Waals surface area contributed by atoms with Crippen LogP contribution in [0.5, 0.6) is 0 Å². The number of nitrogens with zero attached hydrogens (tertiary/aromatic N) is 1. The van der Waals surface area contributed by atoms with Crippen LogP contribution in [0.4, 0.5) is 10.1 Å². The van der Waals surface area contributed by atoms with Crippen molar-refractivity contribution in [1.82, 2.24) is 9.62 Å². The number of amides is 1. The van der Waals surface area contributed by atoms with Gasteiger partial charge in [0.05, 0.1) is 4.90 Å². The lowest BCUT2D eigenvalue weighted by molar-refractivity contribution is -0.132. The normalized spacial score (nSPS) is 20.2. The summed E-state index contributed by atoms with van der Waals surface area (Å²) in [5, 5.41) is 0. The largest absolute Gasteiger partial charge is 0.399 e. The molecule has 1 aromatic carbocycles. The Morgan fingerprint density at radius 3 is 2.70 bits per heavy atom. The minimum Gasteiger partial charge on any atom is -0.399 e. The van der Waals surface area contributed by atoms with Crippen LogP contribution in [0.15, 0.2) is 23.1 Å². The van der Waals surface area contributed by atoms with E-state index in [1.54, 1.807) is 7.05 Å². The van der Waals surface area contributed by atoms with Gasteiger partial charge in [0.15, 0.2) is 0 Å². The number of nitrogen functional groups attached to an aromatic ring is 1. The number of sulfonamides is 1. The second-order valence-electron chi connectivity index (χ2n) is 4.85. The van der Waals surface area contributed by atoms with Crippen LogP contribution in [-0.2, 0) is 14.8 Å². The number of nitrogens with two attached hydrogens (primary N) is 1. The van der Waals surface area contributed by atoms with Gasteiger partial charge in [0.2, 0.25) is 15.9 Å². The third kappa shape index (κ3) is 3.26. The van der Waals surface area contributed by atoms with Gasteiger partial charge in [0, 0.05) is 31.7 Å². The molecule has 0 bridgehead atoms. The molecule has 0 saturated carbocycles. The van der Waals surface area contributed by atoms with Crippen LogP contribution >= 0.6 is 0 Å². The number of rotatable bonds is 3. The Labute approximate surface area is 116 Å². The zero-order valence-corrected chi connectivity index (χ0v) is 11.8. The zero-order chi connectivity index (χ0) is 14.9. The Morgan fingerprint density at radius 1 is 1.40 bits per heavy atom. The highest BCUT2D eigenvalue weighted by Gasteiger charge is 2.27. The molecular formula is C12H16FN3O3S. The fourth-order valence-corrected chi connectivity index (χ4v) is 3.46. The van der Waals surface area contributed by atoms with Gasteiger partial charge in [-0.05, 0) is 24.6 Å². The molecule has 20 heavy (non-hydrogen) atoms. The summed E-state index contributed by atoms with van der Waals surface area (Å²) in [6.45, 7) is 0.295. The lowest BCUT2D eigenvalue weighted by Gasteiger charge is -2.29. The summed E-state index contributed by atoms with van der Waals surface area (Å²) in [4.78, 5) is 12.6. The van der Waals surface area contributed by atoms with E-state index in [-0.39, 0.29) is 29.0 Å². The molecule has 0 radical (unpaired) electrons. The number of hydrogen-bond acceptors (Lipinski definition) is 4. The van der Waals surface area contributed by atoms with E-state index in [9.17, 15) is 17.6 Å². The highest BCUT2D eigenvalue weighted by Crippen LogP contribution is 2.18. The zero-order valence-electron chi connectivity index (χ0n) is 11.0. The van der Waals surface area contributed by atoms with Crippen molar-refractivity contribution in [3.8, 4) is 0 Å². The van der Waals surface area contributed by atoms with Crippen LogP contribution in [-0.4, -0.2) is 38.9 Å². The Balaban J connectivity index is 2.17. The fourth-order valence-electron chi connectivity index (χ4n) is 2.14. The molecule has 0 aromatic heterocycles. The minimum atomic E-state index is -3.85. The summed E-state index contributed by atoms with van der Waals surface area (Å²) in [7, 11) is -2.24. The number of anilines is 1. The van der Waals surface area contributed by atoms with Crippen molar-refractivity contribution >= 4 is 21.6 Å². The third-order valence-corrected chi connectivity index (χ3v) is 4.65. The summed E-state index contributed by atoms with van der Waals surface area (Å²) >= 11 is 0. The first kappa shape index (κ1) is 14.7. The molecule has 3 N–H and O–H groups in total. The Kier molecular flexibility index (Phi) is 3.96. The maximum atomic E-state index is 13.2. The molecule has 1 heterocycles. The first-order valence-electron chi connectivity index (χ1n) is 6.10. The van der Waals surface area contributed by atoms with E-state index in [0.717, 1.165) is 12.1 Å². The highest BCUT2D eigenvalue weighted by atomic mass is 32.2.